The largest absolute Gasteiger partial charge is 0.380 e. The van der Waals surface area contributed by atoms with Gasteiger partial charge in [0.25, 0.3) is 0 Å². The van der Waals surface area contributed by atoms with E-state index in [-0.39, 0.29) is 0 Å². The maximum Gasteiger partial charge on any atom is 0.0733 e. The van der Waals surface area contributed by atoms with Gasteiger partial charge in [-0.3, -0.25) is 0 Å². The summed E-state index contributed by atoms with van der Waals surface area (Å²) < 4.78 is 7.46. The molecule has 0 bridgehead atoms. The van der Waals surface area contributed by atoms with Crippen molar-refractivity contribution in [3.05, 3.63) is 35.5 Å². The van der Waals surface area contributed by atoms with E-state index in [2.05, 4.69) is 35.9 Å². The van der Waals surface area contributed by atoms with Crippen molar-refractivity contribution in [1.82, 2.24) is 4.57 Å². The highest BCUT2D eigenvalue weighted by Gasteiger charge is 2.07. The SMILES string of the molecule is CCn1cc(COC)c2cc(CN)ccc21. The van der Waals surface area contributed by atoms with E-state index in [4.69, 9.17) is 10.5 Å². The summed E-state index contributed by atoms with van der Waals surface area (Å²) in [6.07, 6.45) is 2.16. The Morgan fingerprint density at radius 2 is 2.19 bits per heavy atom. The van der Waals surface area contributed by atoms with Crippen LogP contribution in [0.1, 0.15) is 18.1 Å². The van der Waals surface area contributed by atoms with Gasteiger partial charge in [-0.2, -0.15) is 0 Å². The van der Waals surface area contributed by atoms with Crippen molar-refractivity contribution in [3.63, 3.8) is 0 Å². The third-order valence-electron chi connectivity index (χ3n) is 2.90. The second-order valence-corrected chi connectivity index (χ2v) is 3.93. The Morgan fingerprint density at radius 3 is 2.81 bits per heavy atom. The zero-order valence-corrected chi connectivity index (χ0v) is 9.86. The van der Waals surface area contributed by atoms with Crippen LogP contribution in [0.15, 0.2) is 24.4 Å². The Morgan fingerprint density at radius 1 is 1.38 bits per heavy atom. The molecule has 0 saturated carbocycles. The van der Waals surface area contributed by atoms with Gasteiger partial charge in [-0.25, -0.2) is 0 Å². The van der Waals surface area contributed by atoms with Crippen molar-refractivity contribution in [1.29, 1.82) is 0 Å². The molecule has 3 heteroatoms. The number of nitrogens with zero attached hydrogens (tertiary/aromatic N) is 1. The molecular formula is C13H18N2O. The highest BCUT2D eigenvalue weighted by molar-refractivity contribution is 5.84. The van der Waals surface area contributed by atoms with E-state index >= 15 is 0 Å². The van der Waals surface area contributed by atoms with Crippen molar-refractivity contribution in [2.75, 3.05) is 7.11 Å². The lowest BCUT2D eigenvalue weighted by atomic mass is 10.1. The number of ether oxygens (including phenoxy) is 1. The lowest BCUT2D eigenvalue weighted by Crippen LogP contribution is -1.96. The average Bonchev–Trinajstić information content (AvgIpc) is 2.67. The van der Waals surface area contributed by atoms with E-state index in [0.29, 0.717) is 13.2 Å². The molecule has 1 aromatic carbocycles. The molecule has 3 nitrogen and oxygen atoms in total. The Kier molecular flexibility index (Phi) is 3.27. The topological polar surface area (TPSA) is 40.2 Å². The quantitative estimate of drug-likeness (QED) is 0.855. The first-order valence-electron chi connectivity index (χ1n) is 5.59. The standard InChI is InChI=1S/C13H18N2O/c1-3-15-8-11(9-16-2)12-6-10(7-14)4-5-13(12)15/h4-6,8H,3,7,9,14H2,1-2H3. The van der Waals surface area contributed by atoms with Crippen molar-refractivity contribution in [2.24, 2.45) is 5.73 Å². The highest BCUT2D eigenvalue weighted by atomic mass is 16.5. The molecule has 1 heterocycles. The number of nitrogens with two attached hydrogens (primary N) is 1. The van der Waals surface area contributed by atoms with Gasteiger partial charge < -0.3 is 15.0 Å². The van der Waals surface area contributed by atoms with E-state index in [1.165, 1.54) is 22.0 Å². The summed E-state index contributed by atoms with van der Waals surface area (Å²) in [4.78, 5) is 0. The zero-order valence-electron chi connectivity index (χ0n) is 9.86. The Bertz CT molecular complexity index is 488. The van der Waals surface area contributed by atoms with E-state index in [1.54, 1.807) is 7.11 Å². The Balaban J connectivity index is 2.60. The molecule has 0 saturated heterocycles. The number of hydrogen-bond donors (Lipinski definition) is 1. The molecular weight excluding hydrogens is 200 g/mol. The maximum absolute atomic E-state index is 5.67. The molecule has 0 atom stereocenters. The molecule has 2 aromatic rings. The van der Waals surface area contributed by atoms with Gasteiger partial charge in [0, 0.05) is 42.9 Å². The molecule has 0 radical (unpaired) electrons. The molecule has 86 valence electrons. The summed E-state index contributed by atoms with van der Waals surface area (Å²) in [6.45, 7) is 4.35. The maximum atomic E-state index is 5.67. The minimum absolute atomic E-state index is 0.583. The smallest absolute Gasteiger partial charge is 0.0733 e. The van der Waals surface area contributed by atoms with Crippen LogP contribution >= 0.6 is 0 Å². The number of rotatable bonds is 4. The van der Waals surface area contributed by atoms with E-state index in [9.17, 15) is 0 Å². The minimum Gasteiger partial charge on any atom is -0.380 e. The van der Waals surface area contributed by atoms with Gasteiger partial charge in [0.2, 0.25) is 0 Å². The average molecular weight is 218 g/mol. The normalized spacial score (nSPS) is 11.2. The molecule has 0 aliphatic heterocycles. The molecule has 16 heavy (non-hydrogen) atoms. The van der Waals surface area contributed by atoms with Crippen LogP contribution in [-0.2, 0) is 24.4 Å². The molecule has 1 aromatic heterocycles. The first-order valence-corrected chi connectivity index (χ1v) is 5.59. The van der Waals surface area contributed by atoms with Crippen LogP contribution < -0.4 is 5.73 Å². The highest BCUT2D eigenvalue weighted by Crippen LogP contribution is 2.23. The molecule has 2 N–H and O–H groups in total. The fraction of sp³-hybridized carbons (Fsp3) is 0.385. The molecule has 2 rings (SSSR count). The summed E-state index contributed by atoms with van der Waals surface area (Å²) in [6, 6.07) is 6.39. The van der Waals surface area contributed by atoms with Crippen molar-refractivity contribution < 1.29 is 4.74 Å². The fourth-order valence-corrected chi connectivity index (χ4v) is 2.08. The van der Waals surface area contributed by atoms with Crippen molar-refractivity contribution >= 4 is 10.9 Å². The van der Waals surface area contributed by atoms with Crippen LogP contribution in [-0.4, -0.2) is 11.7 Å². The second-order valence-electron chi connectivity index (χ2n) is 3.93. The van der Waals surface area contributed by atoms with E-state index in [1.807, 2.05) is 0 Å². The summed E-state index contributed by atoms with van der Waals surface area (Å²) in [5, 5.41) is 1.26. The number of aryl methyl sites for hydroxylation is 1. The minimum atomic E-state index is 0.583. The predicted octanol–water partition coefficient (Wildman–Crippen LogP) is 2.27. The van der Waals surface area contributed by atoms with Crippen molar-refractivity contribution in [2.45, 2.75) is 26.6 Å². The van der Waals surface area contributed by atoms with Crippen LogP contribution in [0, 0.1) is 0 Å². The lowest BCUT2D eigenvalue weighted by Gasteiger charge is -2.02. The van der Waals surface area contributed by atoms with Crippen LogP contribution in [0.4, 0.5) is 0 Å². The van der Waals surface area contributed by atoms with E-state index < -0.39 is 0 Å². The number of aromatic nitrogens is 1. The molecule has 0 aliphatic carbocycles. The Labute approximate surface area is 95.8 Å². The third-order valence-corrected chi connectivity index (χ3v) is 2.90. The van der Waals surface area contributed by atoms with Gasteiger partial charge in [0.15, 0.2) is 0 Å². The number of methoxy groups -OCH3 is 1. The van der Waals surface area contributed by atoms with Crippen molar-refractivity contribution in [3.8, 4) is 0 Å². The van der Waals surface area contributed by atoms with Gasteiger partial charge in [0.1, 0.15) is 0 Å². The van der Waals surface area contributed by atoms with Crippen LogP contribution in [0.5, 0.6) is 0 Å². The zero-order chi connectivity index (χ0) is 11.5. The third kappa shape index (κ3) is 1.84. The van der Waals surface area contributed by atoms with Gasteiger partial charge >= 0.3 is 0 Å². The summed E-state index contributed by atoms with van der Waals surface area (Å²) in [7, 11) is 1.72. The molecule has 0 unspecified atom stereocenters. The summed E-state index contributed by atoms with van der Waals surface area (Å²) >= 11 is 0. The van der Waals surface area contributed by atoms with Gasteiger partial charge in [0.05, 0.1) is 6.61 Å². The predicted molar refractivity (Wildman–Crippen MR) is 66.2 cm³/mol. The van der Waals surface area contributed by atoms with E-state index in [0.717, 1.165) is 6.54 Å². The van der Waals surface area contributed by atoms with Crippen LogP contribution in [0.2, 0.25) is 0 Å². The molecule has 0 aliphatic rings. The first kappa shape index (κ1) is 11.2. The van der Waals surface area contributed by atoms with Crippen LogP contribution in [0.3, 0.4) is 0 Å². The van der Waals surface area contributed by atoms with Gasteiger partial charge in [-0.05, 0) is 24.6 Å². The number of hydrogen-bond acceptors (Lipinski definition) is 2. The van der Waals surface area contributed by atoms with Gasteiger partial charge in [-0.1, -0.05) is 6.07 Å². The molecule has 0 spiro atoms. The lowest BCUT2D eigenvalue weighted by molar-refractivity contribution is 0.186. The number of fused-ring (bicyclic) bond motifs is 1. The monoisotopic (exact) mass is 218 g/mol. The summed E-state index contributed by atoms with van der Waals surface area (Å²) in [5.41, 5.74) is 9.32. The fourth-order valence-electron chi connectivity index (χ4n) is 2.08. The van der Waals surface area contributed by atoms with Crippen LogP contribution in [0.25, 0.3) is 10.9 Å². The molecule has 0 fully saturated rings. The molecule has 0 amide bonds. The second kappa shape index (κ2) is 4.68. The first-order chi connectivity index (χ1) is 7.80. The Hall–Kier alpha value is -1.32. The number of benzene rings is 1. The van der Waals surface area contributed by atoms with Gasteiger partial charge in [-0.15, -0.1) is 0 Å². The summed E-state index contributed by atoms with van der Waals surface area (Å²) in [5.74, 6) is 0.